The third-order valence-electron chi connectivity index (χ3n) is 3.86. The van der Waals surface area contributed by atoms with Crippen molar-refractivity contribution in [3.8, 4) is 0 Å². The summed E-state index contributed by atoms with van der Waals surface area (Å²) < 4.78 is 21.9. The Balaban J connectivity index is 1.93. The Morgan fingerprint density at radius 2 is 2.08 bits per heavy atom. The Hall–Kier alpha value is -1.86. The third kappa shape index (κ3) is 3.50. The maximum absolute atomic E-state index is 12.1. The number of aliphatic hydroxyl groups is 2. The van der Waals surface area contributed by atoms with Gasteiger partial charge in [0.25, 0.3) is 5.56 Å². The van der Waals surface area contributed by atoms with Crippen molar-refractivity contribution in [1.29, 1.82) is 0 Å². The van der Waals surface area contributed by atoms with Gasteiger partial charge in [0.1, 0.15) is 18.3 Å². The van der Waals surface area contributed by atoms with Gasteiger partial charge in [0.05, 0.1) is 12.9 Å². The highest BCUT2D eigenvalue weighted by atomic mass is 31.2. The molecule has 1 fully saturated rings. The van der Waals surface area contributed by atoms with E-state index in [0.717, 1.165) is 0 Å². The summed E-state index contributed by atoms with van der Waals surface area (Å²) in [7, 11) is -1.42. The van der Waals surface area contributed by atoms with Crippen LogP contribution in [-0.2, 0) is 13.8 Å². The van der Waals surface area contributed by atoms with Gasteiger partial charge < -0.3 is 29.6 Å². The smallest absolute Gasteiger partial charge is 0.387 e. The van der Waals surface area contributed by atoms with Gasteiger partial charge in [-0.2, -0.15) is 4.98 Å². The lowest BCUT2D eigenvalue weighted by atomic mass is 10.1. The summed E-state index contributed by atoms with van der Waals surface area (Å²) in [5.74, 6) is 0.249. The number of anilines is 1. The van der Waals surface area contributed by atoms with Gasteiger partial charge in [0.2, 0.25) is 5.95 Å². The maximum Gasteiger partial charge on any atom is 0.469 e. The van der Waals surface area contributed by atoms with Gasteiger partial charge in [-0.25, -0.2) is 9.55 Å². The van der Waals surface area contributed by atoms with Crippen molar-refractivity contribution in [1.82, 2.24) is 19.5 Å². The fourth-order valence-corrected chi connectivity index (χ4v) is 2.92. The monoisotopic (exact) mass is 391 g/mol. The highest BCUT2D eigenvalue weighted by molar-refractivity contribution is 7.46. The van der Waals surface area contributed by atoms with E-state index in [1.54, 1.807) is 19.0 Å². The van der Waals surface area contributed by atoms with Crippen LogP contribution < -0.4 is 10.5 Å². The topological polar surface area (TPSA) is 183 Å². The fraction of sp³-hybridized carbons (Fsp3) is 0.583. The first-order valence-electron chi connectivity index (χ1n) is 7.44. The second-order valence-electron chi connectivity index (χ2n) is 5.94. The number of H-pyrrole nitrogens is 1. The van der Waals surface area contributed by atoms with Crippen molar-refractivity contribution in [2.75, 3.05) is 25.6 Å². The minimum atomic E-state index is -4.76. The SMILES string of the molecule is CN(C)c1nc2c(ncn2C2OC(COP(=O)(O)O)C(O)C2O)c(=O)[nH]1. The van der Waals surface area contributed by atoms with E-state index >= 15 is 0 Å². The summed E-state index contributed by atoms with van der Waals surface area (Å²) in [6, 6.07) is 0. The zero-order valence-electron chi connectivity index (χ0n) is 13.8. The molecule has 2 aromatic rings. The number of aliphatic hydroxyl groups excluding tert-OH is 2. The largest absolute Gasteiger partial charge is 0.469 e. The zero-order chi connectivity index (χ0) is 19.2. The van der Waals surface area contributed by atoms with Crippen LogP contribution in [0.2, 0.25) is 0 Å². The lowest BCUT2D eigenvalue weighted by Crippen LogP contribution is -2.33. The molecule has 0 aliphatic carbocycles. The molecule has 0 saturated carbocycles. The van der Waals surface area contributed by atoms with Crippen LogP contribution in [0.5, 0.6) is 0 Å². The first-order valence-corrected chi connectivity index (χ1v) is 8.97. The molecular formula is C12H18N5O8P. The molecule has 5 N–H and O–H groups in total. The van der Waals surface area contributed by atoms with Crippen molar-refractivity contribution in [3.63, 3.8) is 0 Å². The number of hydrogen-bond acceptors (Lipinski definition) is 9. The molecule has 0 bridgehead atoms. The molecular weight excluding hydrogens is 373 g/mol. The summed E-state index contributed by atoms with van der Waals surface area (Å²) >= 11 is 0. The van der Waals surface area contributed by atoms with Gasteiger partial charge in [-0.15, -0.1) is 0 Å². The average molecular weight is 391 g/mol. The highest BCUT2D eigenvalue weighted by Crippen LogP contribution is 2.38. The Kier molecular flexibility index (Phi) is 4.88. The number of imidazole rings is 1. The van der Waals surface area contributed by atoms with Crippen molar-refractivity contribution in [3.05, 3.63) is 16.7 Å². The van der Waals surface area contributed by atoms with E-state index in [9.17, 15) is 19.6 Å². The fourth-order valence-electron chi connectivity index (χ4n) is 2.58. The third-order valence-corrected chi connectivity index (χ3v) is 4.35. The van der Waals surface area contributed by atoms with Crippen molar-refractivity contribution < 1.29 is 33.8 Å². The molecule has 26 heavy (non-hydrogen) atoms. The second-order valence-corrected chi connectivity index (χ2v) is 7.18. The molecule has 2 aromatic heterocycles. The molecule has 4 unspecified atom stereocenters. The predicted octanol–water partition coefficient (Wildman–Crippen LogP) is -2.09. The number of ether oxygens (including phenoxy) is 1. The predicted molar refractivity (Wildman–Crippen MR) is 86.4 cm³/mol. The van der Waals surface area contributed by atoms with Crippen molar-refractivity contribution in [2.24, 2.45) is 0 Å². The molecule has 0 amide bonds. The quantitative estimate of drug-likeness (QED) is 0.352. The van der Waals surface area contributed by atoms with E-state index in [1.165, 1.54) is 10.9 Å². The molecule has 4 atom stereocenters. The minimum absolute atomic E-state index is 0.0100. The Bertz CT molecular complexity index is 907. The van der Waals surface area contributed by atoms with E-state index in [4.69, 9.17) is 14.5 Å². The van der Waals surface area contributed by atoms with Gasteiger partial charge >= 0.3 is 7.82 Å². The standard InChI is InChI=1S/C12H18N5O8P/c1-16(2)12-14-9-6(10(20)15-12)13-4-17(9)11-8(19)7(18)5(25-11)3-24-26(21,22)23/h4-5,7-8,11,18-19H,3H2,1-2H3,(H,14,15,20)(H2,21,22,23). The summed E-state index contributed by atoms with van der Waals surface area (Å²) in [5.41, 5.74) is -0.368. The van der Waals surface area contributed by atoms with E-state index < -0.39 is 44.5 Å². The second kappa shape index (κ2) is 6.70. The first-order chi connectivity index (χ1) is 12.1. The van der Waals surface area contributed by atoms with Gasteiger partial charge in [-0.1, -0.05) is 0 Å². The van der Waals surface area contributed by atoms with E-state index in [-0.39, 0.29) is 17.1 Å². The molecule has 14 heteroatoms. The van der Waals surface area contributed by atoms with Gasteiger partial charge in [-0.3, -0.25) is 18.9 Å². The number of aromatic nitrogens is 4. The Morgan fingerprint density at radius 3 is 2.69 bits per heavy atom. The van der Waals surface area contributed by atoms with Gasteiger partial charge in [0, 0.05) is 14.1 Å². The highest BCUT2D eigenvalue weighted by Gasteiger charge is 2.45. The maximum atomic E-state index is 12.1. The van der Waals surface area contributed by atoms with Crippen molar-refractivity contribution in [2.45, 2.75) is 24.5 Å². The number of nitrogens with zero attached hydrogens (tertiary/aromatic N) is 4. The van der Waals surface area contributed by atoms with Gasteiger partial charge in [-0.05, 0) is 0 Å². The number of phosphoric ester groups is 1. The number of hydrogen-bond donors (Lipinski definition) is 5. The van der Waals surface area contributed by atoms with Crippen LogP contribution in [-0.4, -0.2) is 78.5 Å². The molecule has 0 aromatic carbocycles. The van der Waals surface area contributed by atoms with Crippen LogP contribution in [0.4, 0.5) is 5.95 Å². The molecule has 0 radical (unpaired) electrons. The zero-order valence-corrected chi connectivity index (χ0v) is 14.6. The summed E-state index contributed by atoms with van der Waals surface area (Å²) in [4.78, 5) is 41.9. The van der Waals surface area contributed by atoms with E-state index in [1.807, 2.05) is 0 Å². The summed E-state index contributed by atoms with van der Waals surface area (Å²) in [6.45, 7) is -0.636. The molecule has 144 valence electrons. The molecule has 0 spiro atoms. The molecule has 1 aliphatic rings. The van der Waals surface area contributed by atoms with Gasteiger partial charge in [0.15, 0.2) is 17.4 Å². The van der Waals surface area contributed by atoms with Crippen LogP contribution in [0.25, 0.3) is 11.2 Å². The average Bonchev–Trinajstić information content (AvgIpc) is 3.08. The van der Waals surface area contributed by atoms with Crippen LogP contribution in [0.15, 0.2) is 11.1 Å². The normalized spacial score (nSPS) is 26.5. The number of nitrogens with one attached hydrogen (secondary N) is 1. The Labute approximate surface area is 146 Å². The molecule has 1 aliphatic heterocycles. The minimum Gasteiger partial charge on any atom is -0.387 e. The van der Waals surface area contributed by atoms with E-state index in [2.05, 4.69) is 19.5 Å². The van der Waals surface area contributed by atoms with Crippen LogP contribution >= 0.6 is 7.82 Å². The molecule has 1 saturated heterocycles. The van der Waals surface area contributed by atoms with Crippen molar-refractivity contribution >= 4 is 24.9 Å². The summed E-state index contributed by atoms with van der Waals surface area (Å²) in [5, 5.41) is 20.3. The van der Waals surface area contributed by atoms with Crippen LogP contribution in [0.1, 0.15) is 6.23 Å². The molecule has 3 rings (SSSR count). The lowest BCUT2D eigenvalue weighted by Gasteiger charge is -2.17. The Morgan fingerprint density at radius 1 is 1.38 bits per heavy atom. The van der Waals surface area contributed by atoms with Crippen LogP contribution in [0.3, 0.4) is 0 Å². The lowest BCUT2D eigenvalue weighted by molar-refractivity contribution is -0.0503. The molecule has 3 heterocycles. The molecule has 13 nitrogen and oxygen atoms in total. The van der Waals surface area contributed by atoms with Crippen LogP contribution in [0, 0.1) is 0 Å². The number of phosphoric acid groups is 1. The van der Waals surface area contributed by atoms with E-state index in [0.29, 0.717) is 0 Å². The number of aromatic amines is 1. The number of rotatable bonds is 5. The summed E-state index contributed by atoms with van der Waals surface area (Å²) in [6.07, 6.45) is -4.08. The first kappa shape index (κ1) is 18.9. The number of fused-ring (bicyclic) bond motifs is 1.